The number of aryl methyl sites for hydroxylation is 1. The minimum absolute atomic E-state index is 0.160. The molecule has 0 bridgehead atoms. The van der Waals surface area contributed by atoms with E-state index in [9.17, 15) is 13.2 Å². The van der Waals surface area contributed by atoms with Crippen LogP contribution in [0.5, 0.6) is 5.75 Å². The molecule has 3 aromatic carbocycles. The van der Waals surface area contributed by atoms with Crippen LogP contribution in [0, 0.1) is 6.92 Å². The lowest BCUT2D eigenvalue weighted by Crippen LogP contribution is -2.24. The minimum Gasteiger partial charge on any atom is -0.494 e. The number of sulfonamides is 1. The summed E-state index contributed by atoms with van der Waals surface area (Å²) in [6.07, 6.45) is 1.65. The molecule has 0 aromatic heterocycles. The van der Waals surface area contributed by atoms with Gasteiger partial charge in [0.1, 0.15) is 10.6 Å². The number of anilines is 1. The number of rotatable bonds is 8. The van der Waals surface area contributed by atoms with Crippen LogP contribution in [0.1, 0.15) is 34.3 Å². The third-order valence-corrected chi connectivity index (χ3v) is 6.52. The van der Waals surface area contributed by atoms with Gasteiger partial charge in [-0.15, -0.1) is 4.40 Å². The second-order valence-corrected chi connectivity index (χ2v) is 9.31. The van der Waals surface area contributed by atoms with Crippen LogP contribution >= 0.6 is 0 Å². The Morgan fingerprint density at radius 2 is 1.67 bits per heavy atom. The van der Waals surface area contributed by atoms with E-state index in [2.05, 4.69) is 15.0 Å². The molecule has 0 atom stereocenters. The fourth-order valence-electron chi connectivity index (χ4n) is 3.39. The van der Waals surface area contributed by atoms with Crippen molar-refractivity contribution in [3.05, 3.63) is 89.5 Å². The van der Waals surface area contributed by atoms with Gasteiger partial charge in [0.25, 0.3) is 15.9 Å². The maximum atomic E-state index is 12.4. The molecule has 2 N–H and O–H groups in total. The molecule has 7 nitrogen and oxygen atoms in total. The molecule has 1 heterocycles. The van der Waals surface area contributed by atoms with Crippen molar-refractivity contribution in [3.63, 3.8) is 0 Å². The summed E-state index contributed by atoms with van der Waals surface area (Å²) >= 11 is 0. The lowest BCUT2D eigenvalue weighted by atomic mass is 10.1. The van der Waals surface area contributed by atoms with E-state index in [-0.39, 0.29) is 16.6 Å². The molecular weight excluding hydrogens is 438 g/mol. The number of amides is 1. The first-order valence-electron chi connectivity index (χ1n) is 10.7. The third-order valence-electron chi connectivity index (χ3n) is 5.19. The Morgan fingerprint density at radius 3 is 2.42 bits per heavy atom. The van der Waals surface area contributed by atoms with Crippen LogP contribution in [0.4, 0.5) is 5.69 Å². The molecule has 1 aliphatic rings. The van der Waals surface area contributed by atoms with E-state index in [1.165, 1.54) is 11.6 Å². The van der Waals surface area contributed by atoms with Crippen LogP contribution in [-0.2, 0) is 10.0 Å². The standard InChI is InChI=1S/C25H25N3O4S/c1-18-8-14-21(15-9-18)32-17-5-4-16-26-25(29)19-10-12-20(13-11-19)27-24-22-6-2-3-7-23(22)33(30,31)28-24/h2-3,6-15H,4-5,16-17H2,1H3,(H,26,29)(H,27,28). The average molecular weight is 464 g/mol. The summed E-state index contributed by atoms with van der Waals surface area (Å²) in [5, 5.41) is 5.93. The van der Waals surface area contributed by atoms with E-state index in [1.54, 1.807) is 42.5 Å². The summed E-state index contributed by atoms with van der Waals surface area (Å²) in [6, 6.07) is 21.4. The Morgan fingerprint density at radius 1 is 0.939 bits per heavy atom. The summed E-state index contributed by atoms with van der Waals surface area (Å²) < 4.78 is 33.8. The molecule has 8 heteroatoms. The Kier molecular flexibility index (Phi) is 6.74. The molecule has 0 aliphatic carbocycles. The van der Waals surface area contributed by atoms with E-state index in [4.69, 9.17) is 4.74 Å². The second kappa shape index (κ2) is 9.87. The molecule has 0 saturated heterocycles. The van der Waals surface area contributed by atoms with Crippen LogP contribution in [-0.4, -0.2) is 33.3 Å². The van der Waals surface area contributed by atoms with Crippen LogP contribution in [0.25, 0.3) is 0 Å². The molecule has 4 rings (SSSR count). The molecule has 0 spiro atoms. The highest BCUT2D eigenvalue weighted by Gasteiger charge is 2.28. The van der Waals surface area contributed by atoms with Gasteiger partial charge in [0.15, 0.2) is 5.84 Å². The van der Waals surface area contributed by atoms with Crippen LogP contribution in [0.15, 0.2) is 82.1 Å². The molecule has 0 saturated carbocycles. The van der Waals surface area contributed by atoms with Crippen LogP contribution < -0.4 is 15.4 Å². The highest BCUT2D eigenvalue weighted by molar-refractivity contribution is 7.90. The van der Waals surface area contributed by atoms with Gasteiger partial charge in [0.05, 0.1) is 6.61 Å². The SMILES string of the molecule is Cc1ccc(OCCCCNC(=O)c2ccc(NC3=NS(=O)(=O)c4ccccc43)cc2)cc1. The number of ether oxygens (including phenoxy) is 1. The molecule has 0 radical (unpaired) electrons. The van der Waals surface area contributed by atoms with Crippen molar-refractivity contribution in [1.29, 1.82) is 0 Å². The number of benzene rings is 3. The number of nitrogens with one attached hydrogen (secondary N) is 2. The summed E-state index contributed by atoms with van der Waals surface area (Å²) in [7, 11) is -3.68. The number of carbonyl (C=O) groups is 1. The molecule has 0 unspecified atom stereocenters. The lowest BCUT2D eigenvalue weighted by molar-refractivity contribution is 0.0952. The summed E-state index contributed by atoms with van der Waals surface area (Å²) in [6.45, 7) is 3.19. The van der Waals surface area contributed by atoms with E-state index in [0.717, 1.165) is 18.6 Å². The van der Waals surface area contributed by atoms with Crippen LogP contribution in [0.3, 0.4) is 0 Å². The number of hydrogen-bond acceptors (Lipinski definition) is 5. The average Bonchev–Trinajstić information content (AvgIpc) is 3.07. The van der Waals surface area contributed by atoms with Crippen molar-refractivity contribution in [1.82, 2.24) is 5.32 Å². The van der Waals surface area contributed by atoms with Gasteiger partial charge >= 0.3 is 0 Å². The van der Waals surface area contributed by atoms with Gasteiger partial charge in [-0.1, -0.05) is 29.8 Å². The molecular formula is C25H25N3O4S. The largest absolute Gasteiger partial charge is 0.494 e. The van der Waals surface area contributed by atoms with E-state index < -0.39 is 10.0 Å². The van der Waals surface area contributed by atoms with Crippen molar-refractivity contribution in [2.75, 3.05) is 18.5 Å². The third kappa shape index (κ3) is 5.59. The monoisotopic (exact) mass is 463 g/mol. The second-order valence-electron chi connectivity index (χ2n) is 7.74. The molecule has 0 fully saturated rings. The number of hydrogen-bond donors (Lipinski definition) is 2. The number of unbranched alkanes of at least 4 members (excludes halogenated alkanes) is 1. The Hall–Kier alpha value is -3.65. The van der Waals surface area contributed by atoms with Gasteiger partial charge in [-0.05, 0) is 68.3 Å². The molecule has 1 aliphatic heterocycles. The zero-order valence-electron chi connectivity index (χ0n) is 18.2. The van der Waals surface area contributed by atoms with Gasteiger partial charge in [-0.3, -0.25) is 4.79 Å². The molecule has 1 amide bonds. The number of carbonyl (C=O) groups excluding carboxylic acids is 1. The fourth-order valence-corrected chi connectivity index (χ4v) is 4.57. The highest BCUT2D eigenvalue weighted by atomic mass is 32.2. The maximum Gasteiger partial charge on any atom is 0.285 e. The molecule has 3 aromatic rings. The first-order chi connectivity index (χ1) is 15.9. The Bertz CT molecular complexity index is 1270. The van der Waals surface area contributed by atoms with Crippen molar-refractivity contribution < 1.29 is 17.9 Å². The van der Waals surface area contributed by atoms with Gasteiger partial charge in [-0.25, -0.2) is 0 Å². The van der Waals surface area contributed by atoms with E-state index >= 15 is 0 Å². The lowest BCUT2D eigenvalue weighted by Gasteiger charge is -2.09. The zero-order valence-corrected chi connectivity index (χ0v) is 19.1. The van der Waals surface area contributed by atoms with Gasteiger partial charge in [-0.2, -0.15) is 8.42 Å². The predicted octanol–water partition coefficient (Wildman–Crippen LogP) is 4.15. The van der Waals surface area contributed by atoms with E-state index in [0.29, 0.717) is 30.0 Å². The van der Waals surface area contributed by atoms with Crippen molar-refractivity contribution in [3.8, 4) is 5.75 Å². The van der Waals surface area contributed by atoms with Gasteiger partial charge in [0.2, 0.25) is 0 Å². The van der Waals surface area contributed by atoms with Crippen molar-refractivity contribution >= 4 is 27.5 Å². The van der Waals surface area contributed by atoms with Gasteiger partial charge in [0, 0.05) is 23.4 Å². The first kappa shape index (κ1) is 22.5. The predicted molar refractivity (Wildman–Crippen MR) is 128 cm³/mol. The summed E-state index contributed by atoms with van der Waals surface area (Å²) in [5.74, 6) is 0.964. The van der Waals surface area contributed by atoms with Crippen LogP contribution in [0.2, 0.25) is 0 Å². The number of amidine groups is 1. The van der Waals surface area contributed by atoms with Gasteiger partial charge < -0.3 is 15.4 Å². The topological polar surface area (TPSA) is 96.9 Å². The number of fused-ring (bicyclic) bond motifs is 1. The summed E-state index contributed by atoms with van der Waals surface area (Å²) in [4.78, 5) is 12.6. The zero-order chi connectivity index (χ0) is 23.3. The Labute approximate surface area is 193 Å². The maximum absolute atomic E-state index is 12.4. The molecule has 33 heavy (non-hydrogen) atoms. The quantitative estimate of drug-likeness (QED) is 0.489. The first-order valence-corrected chi connectivity index (χ1v) is 12.2. The Balaban J connectivity index is 1.23. The minimum atomic E-state index is -3.68. The summed E-state index contributed by atoms with van der Waals surface area (Å²) in [5.41, 5.74) is 2.90. The number of nitrogens with zero attached hydrogens (tertiary/aromatic N) is 1. The fraction of sp³-hybridized carbons (Fsp3) is 0.200. The highest BCUT2D eigenvalue weighted by Crippen LogP contribution is 2.26. The normalized spacial score (nSPS) is 13.7. The van der Waals surface area contributed by atoms with Crippen molar-refractivity contribution in [2.45, 2.75) is 24.7 Å². The molecule has 170 valence electrons. The van der Waals surface area contributed by atoms with E-state index in [1.807, 2.05) is 31.2 Å². The smallest absolute Gasteiger partial charge is 0.285 e. The van der Waals surface area contributed by atoms with Crippen molar-refractivity contribution in [2.24, 2.45) is 4.40 Å².